The molecule has 0 bridgehead atoms. The smallest absolute Gasteiger partial charge is 0.185 e. The van der Waals surface area contributed by atoms with Crippen molar-refractivity contribution in [2.45, 2.75) is 19.3 Å². The third-order valence-corrected chi connectivity index (χ3v) is 3.70. The lowest BCUT2D eigenvalue weighted by Crippen LogP contribution is -1.96. The minimum Gasteiger partial charge on any atom is -0.508 e. The van der Waals surface area contributed by atoms with E-state index in [2.05, 4.69) is 6.07 Å². The van der Waals surface area contributed by atoms with Crippen LogP contribution in [-0.4, -0.2) is 10.9 Å². The molecule has 0 radical (unpaired) electrons. The van der Waals surface area contributed by atoms with Crippen molar-refractivity contribution in [3.8, 4) is 5.75 Å². The molecule has 0 spiro atoms. The van der Waals surface area contributed by atoms with Crippen molar-refractivity contribution in [1.29, 1.82) is 0 Å². The number of carbonyl (C=O) groups is 1. The van der Waals surface area contributed by atoms with Gasteiger partial charge in [-0.05, 0) is 60.2 Å². The van der Waals surface area contributed by atoms with Gasteiger partial charge in [0, 0.05) is 5.56 Å². The van der Waals surface area contributed by atoms with Crippen LogP contribution in [0, 0.1) is 0 Å². The first kappa shape index (κ1) is 12.7. The summed E-state index contributed by atoms with van der Waals surface area (Å²) in [6.07, 6.45) is 6.76. The van der Waals surface area contributed by atoms with E-state index < -0.39 is 0 Å². The molecule has 0 fully saturated rings. The fraction of sp³-hybridized carbons (Fsp3) is 0.167. The Balaban J connectivity index is 1.77. The molecule has 100 valence electrons. The van der Waals surface area contributed by atoms with Crippen molar-refractivity contribution in [3.05, 3.63) is 70.8 Å². The standard InChI is InChI=1S/C18H16O2/c19-17-9-4-13(5-10-17)6-11-18(20)16-8-7-14-2-1-3-15(14)12-16/h4-12,19H,1-3H2/b11-6+. The van der Waals surface area contributed by atoms with Crippen LogP contribution in [0.3, 0.4) is 0 Å². The highest BCUT2D eigenvalue weighted by molar-refractivity contribution is 6.07. The second-order valence-electron chi connectivity index (χ2n) is 5.13. The van der Waals surface area contributed by atoms with Crippen LogP contribution in [-0.2, 0) is 12.8 Å². The zero-order valence-electron chi connectivity index (χ0n) is 11.2. The molecule has 3 rings (SSSR count). The van der Waals surface area contributed by atoms with Crippen molar-refractivity contribution in [1.82, 2.24) is 0 Å². The van der Waals surface area contributed by atoms with Crippen LogP contribution in [0.25, 0.3) is 6.08 Å². The van der Waals surface area contributed by atoms with E-state index >= 15 is 0 Å². The normalized spacial score (nSPS) is 13.6. The average Bonchev–Trinajstić information content (AvgIpc) is 2.93. The third kappa shape index (κ3) is 2.64. The van der Waals surface area contributed by atoms with Gasteiger partial charge in [-0.2, -0.15) is 0 Å². The number of allylic oxidation sites excluding steroid dienone is 1. The predicted molar refractivity (Wildman–Crippen MR) is 79.9 cm³/mol. The van der Waals surface area contributed by atoms with Crippen LogP contribution in [0.15, 0.2) is 48.5 Å². The summed E-state index contributed by atoms with van der Waals surface area (Å²) >= 11 is 0. The van der Waals surface area contributed by atoms with E-state index in [-0.39, 0.29) is 11.5 Å². The number of aromatic hydroxyl groups is 1. The molecular formula is C18H16O2. The molecule has 1 N–H and O–H groups in total. The van der Waals surface area contributed by atoms with E-state index in [1.54, 1.807) is 36.4 Å². The minimum absolute atomic E-state index is 0.0211. The third-order valence-electron chi connectivity index (χ3n) is 3.70. The summed E-state index contributed by atoms with van der Waals surface area (Å²) in [4.78, 5) is 12.1. The number of aryl methyl sites for hydroxylation is 2. The Bertz CT molecular complexity index is 666. The van der Waals surface area contributed by atoms with Crippen molar-refractivity contribution >= 4 is 11.9 Å². The van der Waals surface area contributed by atoms with Crippen molar-refractivity contribution in [2.75, 3.05) is 0 Å². The van der Waals surface area contributed by atoms with Gasteiger partial charge in [-0.25, -0.2) is 0 Å². The zero-order chi connectivity index (χ0) is 13.9. The number of carbonyl (C=O) groups excluding carboxylic acids is 1. The zero-order valence-corrected chi connectivity index (χ0v) is 11.2. The van der Waals surface area contributed by atoms with E-state index in [9.17, 15) is 9.90 Å². The highest BCUT2D eigenvalue weighted by Crippen LogP contribution is 2.23. The second-order valence-corrected chi connectivity index (χ2v) is 5.13. The van der Waals surface area contributed by atoms with Gasteiger partial charge >= 0.3 is 0 Å². The number of phenols is 1. The van der Waals surface area contributed by atoms with Crippen LogP contribution < -0.4 is 0 Å². The Morgan fingerprint density at radius 1 is 1.00 bits per heavy atom. The molecule has 0 aliphatic heterocycles. The number of hydrogen-bond acceptors (Lipinski definition) is 2. The van der Waals surface area contributed by atoms with Gasteiger partial charge in [0.15, 0.2) is 5.78 Å². The van der Waals surface area contributed by atoms with Crippen LogP contribution in [0.1, 0.15) is 33.5 Å². The van der Waals surface area contributed by atoms with E-state index in [0.717, 1.165) is 24.0 Å². The Hall–Kier alpha value is -2.35. The van der Waals surface area contributed by atoms with Gasteiger partial charge < -0.3 is 5.11 Å². The fourth-order valence-electron chi connectivity index (χ4n) is 2.58. The number of rotatable bonds is 3. The summed E-state index contributed by atoms with van der Waals surface area (Å²) in [6, 6.07) is 12.8. The Kier molecular flexibility index (Phi) is 3.38. The van der Waals surface area contributed by atoms with Crippen LogP contribution in [0.2, 0.25) is 0 Å². The maximum Gasteiger partial charge on any atom is 0.185 e. The molecular weight excluding hydrogens is 248 g/mol. The van der Waals surface area contributed by atoms with Gasteiger partial charge in [-0.3, -0.25) is 4.79 Å². The van der Waals surface area contributed by atoms with Gasteiger partial charge in [0.25, 0.3) is 0 Å². The quantitative estimate of drug-likeness (QED) is 0.676. The molecule has 0 aromatic heterocycles. The van der Waals surface area contributed by atoms with Crippen molar-refractivity contribution in [2.24, 2.45) is 0 Å². The molecule has 0 unspecified atom stereocenters. The molecule has 2 nitrogen and oxygen atoms in total. The first-order valence-electron chi connectivity index (χ1n) is 6.85. The van der Waals surface area contributed by atoms with Gasteiger partial charge in [-0.15, -0.1) is 0 Å². The van der Waals surface area contributed by atoms with E-state index in [0.29, 0.717) is 0 Å². The molecule has 0 amide bonds. The summed E-state index contributed by atoms with van der Waals surface area (Å²) in [7, 11) is 0. The number of hydrogen-bond donors (Lipinski definition) is 1. The van der Waals surface area contributed by atoms with Gasteiger partial charge in [0.1, 0.15) is 5.75 Å². The van der Waals surface area contributed by atoms with Gasteiger partial charge in [-0.1, -0.05) is 30.3 Å². The summed E-state index contributed by atoms with van der Waals surface area (Å²) in [5.74, 6) is 0.250. The second kappa shape index (κ2) is 5.33. The summed E-state index contributed by atoms with van der Waals surface area (Å²) < 4.78 is 0. The summed E-state index contributed by atoms with van der Waals surface area (Å²) in [6.45, 7) is 0. The van der Waals surface area contributed by atoms with E-state index in [4.69, 9.17) is 0 Å². The molecule has 0 saturated carbocycles. The monoisotopic (exact) mass is 264 g/mol. The molecule has 2 aromatic carbocycles. The highest BCUT2D eigenvalue weighted by Gasteiger charge is 2.12. The lowest BCUT2D eigenvalue weighted by Gasteiger charge is -2.01. The topological polar surface area (TPSA) is 37.3 Å². The molecule has 0 saturated heterocycles. The van der Waals surface area contributed by atoms with E-state index in [1.807, 2.05) is 12.1 Å². The van der Waals surface area contributed by atoms with Crippen LogP contribution in [0.4, 0.5) is 0 Å². The van der Waals surface area contributed by atoms with Gasteiger partial charge in [0.05, 0.1) is 0 Å². The maximum atomic E-state index is 12.1. The summed E-state index contributed by atoms with van der Waals surface area (Å²) in [5.41, 5.74) is 4.34. The Labute approximate surface area is 118 Å². The molecule has 0 atom stereocenters. The van der Waals surface area contributed by atoms with E-state index in [1.165, 1.54) is 17.5 Å². The average molecular weight is 264 g/mol. The Morgan fingerprint density at radius 3 is 2.55 bits per heavy atom. The summed E-state index contributed by atoms with van der Waals surface area (Å²) in [5, 5.41) is 9.21. The highest BCUT2D eigenvalue weighted by atomic mass is 16.3. The molecule has 2 heteroatoms. The first-order valence-corrected chi connectivity index (χ1v) is 6.85. The number of fused-ring (bicyclic) bond motifs is 1. The Morgan fingerprint density at radius 2 is 1.75 bits per heavy atom. The lowest BCUT2D eigenvalue weighted by atomic mass is 10.0. The minimum atomic E-state index is 0.0211. The number of ketones is 1. The van der Waals surface area contributed by atoms with Crippen LogP contribution in [0.5, 0.6) is 5.75 Å². The molecule has 2 aromatic rings. The molecule has 1 aliphatic carbocycles. The fourth-order valence-corrected chi connectivity index (χ4v) is 2.58. The SMILES string of the molecule is O=C(/C=C/c1ccc(O)cc1)c1ccc2c(c1)CCC2. The van der Waals surface area contributed by atoms with Crippen molar-refractivity contribution in [3.63, 3.8) is 0 Å². The van der Waals surface area contributed by atoms with Gasteiger partial charge in [0.2, 0.25) is 0 Å². The lowest BCUT2D eigenvalue weighted by molar-refractivity contribution is 0.104. The van der Waals surface area contributed by atoms with Crippen LogP contribution >= 0.6 is 0 Å². The predicted octanol–water partition coefficient (Wildman–Crippen LogP) is 3.78. The molecule has 1 aliphatic rings. The number of benzene rings is 2. The first-order chi connectivity index (χ1) is 9.72. The molecule has 20 heavy (non-hydrogen) atoms. The largest absolute Gasteiger partial charge is 0.508 e. The maximum absolute atomic E-state index is 12.1. The number of phenolic OH excluding ortho intramolecular Hbond substituents is 1. The molecule has 0 heterocycles. The van der Waals surface area contributed by atoms with Crippen molar-refractivity contribution < 1.29 is 9.90 Å².